The second kappa shape index (κ2) is 4.97. The number of aliphatic hydroxyl groups excluding tert-OH is 1. The molecule has 88 valence electrons. The zero-order valence-electron chi connectivity index (χ0n) is 10.1. The molecular formula is C14H16N2O. The molecule has 0 radical (unpaired) electrons. The van der Waals surface area contributed by atoms with Gasteiger partial charge in [0.05, 0.1) is 18.0 Å². The van der Waals surface area contributed by atoms with Crippen molar-refractivity contribution in [1.29, 1.82) is 0 Å². The molecule has 0 aliphatic rings. The molecule has 1 aromatic heterocycles. The molecule has 0 saturated heterocycles. The van der Waals surface area contributed by atoms with Crippen LogP contribution in [0.5, 0.6) is 0 Å². The van der Waals surface area contributed by atoms with Crippen molar-refractivity contribution < 1.29 is 5.11 Å². The third-order valence-electron chi connectivity index (χ3n) is 2.54. The average molecular weight is 228 g/mol. The van der Waals surface area contributed by atoms with Crippen LogP contribution in [-0.4, -0.2) is 21.5 Å². The van der Waals surface area contributed by atoms with Crippen LogP contribution in [0.15, 0.2) is 36.4 Å². The lowest BCUT2D eigenvalue weighted by atomic mass is 10.2. The molecule has 0 aliphatic heterocycles. The Balaban J connectivity index is 2.39. The van der Waals surface area contributed by atoms with Crippen molar-refractivity contribution in [3.63, 3.8) is 0 Å². The summed E-state index contributed by atoms with van der Waals surface area (Å²) in [4.78, 5) is 0. The topological polar surface area (TPSA) is 38.0 Å². The van der Waals surface area contributed by atoms with E-state index in [1.807, 2.05) is 48.9 Å². The number of rotatable bonds is 3. The minimum Gasteiger partial charge on any atom is -0.392 e. The van der Waals surface area contributed by atoms with Crippen molar-refractivity contribution in [2.45, 2.75) is 13.8 Å². The number of benzene rings is 1. The summed E-state index contributed by atoms with van der Waals surface area (Å²) in [6.45, 7) is 4.08. The number of nitrogens with zero attached hydrogens (tertiary/aromatic N) is 2. The molecule has 2 rings (SSSR count). The van der Waals surface area contributed by atoms with Crippen LogP contribution in [0.25, 0.3) is 11.8 Å². The first-order chi connectivity index (χ1) is 8.20. The molecule has 3 nitrogen and oxygen atoms in total. The van der Waals surface area contributed by atoms with Crippen molar-refractivity contribution >= 4 is 6.08 Å². The molecule has 2 aromatic rings. The van der Waals surface area contributed by atoms with Gasteiger partial charge in [0.2, 0.25) is 0 Å². The van der Waals surface area contributed by atoms with Gasteiger partial charge in [0.15, 0.2) is 0 Å². The summed E-state index contributed by atoms with van der Waals surface area (Å²) in [7, 11) is 0. The molecule has 1 heterocycles. The van der Waals surface area contributed by atoms with Crippen LogP contribution in [-0.2, 0) is 0 Å². The normalized spacial score (nSPS) is 11.2. The van der Waals surface area contributed by atoms with E-state index < -0.39 is 0 Å². The van der Waals surface area contributed by atoms with Crippen LogP contribution in [0.3, 0.4) is 0 Å². The largest absolute Gasteiger partial charge is 0.392 e. The quantitative estimate of drug-likeness (QED) is 0.876. The van der Waals surface area contributed by atoms with E-state index in [0.717, 1.165) is 22.6 Å². The average Bonchev–Trinajstić information content (AvgIpc) is 2.66. The van der Waals surface area contributed by atoms with Crippen LogP contribution in [0, 0.1) is 13.8 Å². The Morgan fingerprint density at radius 1 is 1.29 bits per heavy atom. The second-order valence-electron chi connectivity index (χ2n) is 4.02. The standard InChI is InChI=1S/C14H16N2O/c1-11-9-12(2)16(15-11)14-7-3-5-13(10-14)6-4-8-17/h3-7,9-10,17H,8H2,1-2H3. The van der Waals surface area contributed by atoms with Crippen molar-refractivity contribution in [2.75, 3.05) is 6.61 Å². The Bertz CT molecular complexity index is 541. The smallest absolute Gasteiger partial charge is 0.0654 e. The molecule has 0 atom stereocenters. The van der Waals surface area contributed by atoms with E-state index in [1.165, 1.54) is 0 Å². The van der Waals surface area contributed by atoms with Crippen molar-refractivity contribution in [1.82, 2.24) is 9.78 Å². The molecule has 0 spiro atoms. The highest BCUT2D eigenvalue weighted by Gasteiger charge is 2.03. The van der Waals surface area contributed by atoms with Crippen LogP contribution in [0.4, 0.5) is 0 Å². The van der Waals surface area contributed by atoms with Crippen LogP contribution in [0.2, 0.25) is 0 Å². The maximum Gasteiger partial charge on any atom is 0.0654 e. The predicted octanol–water partition coefficient (Wildman–Crippen LogP) is 2.49. The van der Waals surface area contributed by atoms with E-state index in [4.69, 9.17) is 5.11 Å². The van der Waals surface area contributed by atoms with Gasteiger partial charge >= 0.3 is 0 Å². The van der Waals surface area contributed by atoms with Gasteiger partial charge < -0.3 is 5.11 Å². The molecule has 0 saturated carbocycles. The van der Waals surface area contributed by atoms with Gasteiger partial charge in [-0.3, -0.25) is 0 Å². The zero-order chi connectivity index (χ0) is 12.3. The van der Waals surface area contributed by atoms with Crippen molar-refractivity contribution in [3.8, 4) is 5.69 Å². The van der Waals surface area contributed by atoms with E-state index in [1.54, 1.807) is 6.08 Å². The highest BCUT2D eigenvalue weighted by atomic mass is 16.2. The van der Waals surface area contributed by atoms with Crippen LogP contribution < -0.4 is 0 Å². The van der Waals surface area contributed by atoms with Crippen LogP contribution in [0.1, 0.15) is 17.0 Å². The van der Waals surface area contributed by atoms with Gasteiger partial charge in [-0.05, 0) is 37.6 Å². The Kier molecular flexibility index (Phi) is 3.40. The van der Waals surface area contributed by atoms with Crippen LogP contribution >= 0.6 is 0 Å². The fourth-order valence-corrected chi connectivity index (χ4v) is 1.84. The van der Waals surface area contributed by atoms with Gasteiger partial charge in [0, 0.05) is 5.69 Å². The fourth-order valence-electron chi connectivity index (χ4n) is 1.84. The SMILES string of the molecule is Cc1cc(C)n(-c2cccc(C=CCO)c2)n1. The molecule has 1 aromatic carbocycles. The molecule has 0 fully saturated rings. The summed E-state index contributed by atoms with van der Waals surface area (Å²) >= 11 is 0. The molecule has 0 aliphatic carbocycles. The van der Waals surface area contributed by atoms with Gasteiger partial charge in [-0.2, -0.15) is 5.10 Å². The van der Waals surface area contributed by atoms with Gasteiger partial charge in [-0.15, -0.1) is 0 Å². The summed E-state index contributed by atoms with van der Waals surface area (Å²) in [5, 5.41) is 13.2. The molecule has 0 amide bonds. The summed E-state index contributed by atoms with van der Waals surface area (Å²) in [6.07, 6.45) is 3.62. The lowest BCUT2D eigenvalue weighted by molar-refractivity contribution is 0.343. The highest BCUT2D eigenvalue weighted by Crippen LogP contribution is 2.14. The lowest BCUT2D eigenvalue weighted by Crippen LogP contribution is -1.98. The van der Waals surface area contributed by atoms with Gasteiger partial charge in [-0.1, -0.05) is 24.3 Å². The first-order valence-electron chi connectivity index (χ1n) is 5.62. The second-order valence-corrected chi connectivity index (χ2v) is 4.02. The molecular weight excluding hydrogens is 212 g/mol. The Morgan fingerprint density at radius 3 is 2.76 bits per heavy atom. The number of hydrogen-bond acceptors (Lipinski definition) is 2. The number of aromatic nitrogens is 2. The van der Waals surface area contributed by atoms with E-state index in [2.05, 4.69) is 11.2 Å². The summed E-state index contributed by atoms with van der Waals surface area (Å²) in [5.41, 5.74) is 4.23. The first kappa shape index (κ1) is 11.6. The molecule has 1 N–H and O–H groups in total. The van der Waals surface area contributed by atoms with E-state index in [9.17, 15) is 0 Å². The Labute approximate surface area is 101 Å². The number of aliphatic hydroxyl groups is 1. The Morgan fingerprint density at radius 2 is 2.12 bits per heavy atom. The van der Waals surface area contributed by atoms with Gasteiger partial charge in [-0.25, -0.2) is 4.68 Å². The highest BCUT2D eigenvalue weighted by molar-refractivity contribution is 5.53. The maximum absolute atomic E-state index is 8.76. The maximum atomic E-state index is 8.76. The minimum absolute atomic E-state index is 0.0597. The summed E-state index contributed by atoms with van der Waals surface area (Å²) in [6, 6.07) is 10.1. The number of aryl methyl sites for hydroxylation is 2. The molecule has 0 bridgehead atoms. The lowest BCUT2D eigenvalue weighted by Gasteiger charge is -2.05. The molecule has 17 heavy (non-hydrogen) atoms. The summed E-state index contributed by atoms with van der Waals surface area (Å²) in [5.74, 6) is 0. The first-order valence-corrected chi connectivity index (χ1v) is 5.62. The Hall–Kier alpha value is -1.87. The molecule has 3 heteroatoms. The fraction of sp³-hybridized carbons (Fsp3) is 0.214. The third-order valence-corrected chi connectivity index (χ3v) is 2.54. The van der Waals surface area contributed by atoms with E-state index >= 15 is 0 Å². The summed E-state index contributed by atoms with van der Waals surface area (Å²) < 4.78 is 1.92. The van der Waals surface area contributed by atoms with Gasteiger partial charge in [0.25, 0.3) is 0 Å². The number of hydrogen-bond donors (Lipinski definition) is 1. The third kappa shape index (κ3) is 2.63. The van der Waals surface area contributed by atoms with Gasteiger partial charge in [0.1, 0.15) is 0 Å². The predicted molar refractivity (Wildman–Crippen MR) is 69.2 cm³/mol. The van der Waals surface area contributed by atoms with E-state index in [0.29, 0.717) is 0 Å². The monoisotopic (exact) mass is 228 g/mol. The van der Waals surface area contributed by atoms with Crippen molar-refractivity contribution in [2.24, 2.45) is 0 Å². The van der Waals surface area contributed by atoms with E-state index in [-0.39, 0.29) is 6.61 Å². The minimum atomic E-state index is 0.0597. The molecule has 0 unspecified atom stereocenters. The zero-order valence-corrected chi connectivity index (χ0v) is 10.1. The van der Waals surface area contributed by atoms with Crippen molar-refractivity contribution in [3.05, 3.63) is 53.4 Å².